The highest BCUT2D eigenvalue weighted by Crippen LogP contribution is 2.40. The minimum Gasteiger partial charge on any atom is -0.455 e. The molecule has 1 aromatic rings. The van der Waals surface area contributed by atoms with E-state index >= 15 is 0 Å². The first-order chi connectivity index (χ1) is 12.1. The predicted octanol–water partition coefficient (Wildman–Crippen LogP) is 2.51. The fraction of sp³-hybridized carbons (Fsp3) is 0.550. The van der Waals surface area contributed by atoms with Gasteiger partial charge in [-0.2, -0.15) is 0 Å². The second-order valence-corrected chi connectivity index (χ2v) is 7.43. The molecule has 25 heavy (non-hydrogen) atoms. The summed E-state index contributed by atoms with van der Waals surface area (Å²) < 4.78 is 5.33. The Hall–Kier alpha value is -2.17. The van der Waals surface area contributed by atoms with E-state index in [9.17, 15) is 14.4 Å². The number of Topliss-reactive ketones (excluding diaryl/α,β-unsaturated/α-hetero) is 1. The average molecular weight is 341 g/mol. The molecule has 1 heterocycles. The molecule has 5 nitrogen and oxygen atoms in total. The number of nitrogens with zero attached hydrogens (tertiary/aromatic N) is 1. The Bertz CT molecular complexity index is 697. The van der Waals surface area contributed by atoms with Crippen molar-refractivity contribution in [3.8, 4) is 0 Å². The van der Waals surface area contributed by atoms with Gasteiger partial charge in [0.15, 0.2) is 6.61 Å². The Morgan fingerprint density at radius 2 is 1.84 bits per heavy atom. The van der Waals surface area contributed by atoms with Gasteiger partial charge >= 0.3 is 5.97 Å². The standard InChI is InChI=1S/C20H23NO4/c22-18(21-9-8-13-4-1-2-7-17(13)21)12-25-20(24)16-10-14-5-3-6-15(11-16)19(14)23/h1-2,4,7,14-16H,3,5-6,8-12H2/t14-,15+,16?. The molecule has 132 valence electrons. The molecule has 0 spiro atoms. The Kier molecular flexibility index (Phi) is 4.32. The monoisotopic (exact) mass is 341 g/mol. The topological polar surface area (TPSA) is 63.7 Å². The highest BCUT2D eigenvalue weighted by Gasteiger charge is 2.42. The number of esters is 1. The number of anilines is 1. The minimum absolute atomic E-state index is 0.0196. The van der Waals surface area contributed by atoms with Crippen molar-refractivity contribution in [1.29, 1.82) is 0 Å². The molecular weight excluding hydrogens is 318 g/mol. The van der Waals surface area contributed by atoms with Crippen molar-refractivity contribution in [1.82, 2.24) is 0 Å². The molecule has 3 aliphatic rings. The van der Waals surface area contributed by atoms with Crippen LogP contribution < -0.4 is 4.90 Å². The molecular formula is C20H23NO4. The van der Waals surface area contributed by atoms with E-state index in [1.165, 1.54) is 0 Å². The summed E-state index contributed by atoms with van der Waals surface area (Å²) in [5.74, 6) is -0.347. The molecule has 5 heteroatoms. The van der Waals surface area contributed by atoms with Gasteiger partial charge in [0, 0.05) is 24.1 Å². The predicted molar refractivity (Wildman–Crippen MR) is 92.0 cm³/mol. The third-order valence-corrected chi connectivity index (χ3v) is 5.91. The van der Waals surface area contributed by atoms with Crippen LogP contribution in [0.25, 0.3) is 0 Å². The highest BCUT2D eigenvalue weighted by atomic mass is 16.5. The molecule has 2 bridgehead atoms. The molecule has 2 fully saturated rings. The van der Waals surface area contributed by atoms with Crippen LogP contribution in [0.4, 0.5) is 5.69 Å². The molecule has 1 unspecified atom stereocenters. The van der Waals surface area contributed by atoms with E-state index in [1.54, 1.807) is 4.90 Å². The minimum atomic E-state index is -0.315. The van der Waals surface area contributed by atoms with Crippen molar-refractivity contribution >= 4 is 23.3 Å². The first-order valence-corrected chi connectivity index (χ1v) is 9.22. The van der Waals surface area contributed by atoms with Crippen molar-refractivity contribution in [3.63, 3.8) is 0 Å². The van der Waals surface area contributed by atoms with Crippen LogP contribution >= 0.6 is 0 Å². The number of benzene rings is 1. The van der Waals surface area contributed by atoms with E-state index < -0.39 is 0 Å². The first-order valence-electron chi connectivity index (χ1n) is 9.22. The van der Waals surface area contributed by atoms with Crippen LogP contribution in [0.2, 0.25) is 0 Å². The Balaban J connectivity index is 1.33. The maximum absolute atomic E-state index is 12.4. The highest BCUT2D eigenvalue weighted by molar-refractivity contribution is 5.97. The maximum Gasteiger partial charge on any atom is 0.309 e. The second-order valence-electron chi connectivity index (χ2n) is 7.43. The van der Waals surface area contributed by atoms with E-state index in [1.807, 2.05) is 24.3 Å². The Labute approximate surface area is 147 Å². The van der Waals surface area contributed by atoms with Gasteiger partial charge < -0.3 is 9.64 Å². The molecule has 0 aromatic heterocycles. The number of para-hydroxylation sites is 1. The van der Waals surface area contributed by atoms with Crippen LogP contribution in [-0.4, -0.2) is 30.8 Å². The van der Waals surface area contributed by atoms with Crippen molar-refractivity contribution in [2.24, 2.45) is 17.8 Å². The number of carbonyl (C=O) groups is 3. The van der Waals surface area contributed by atoms with Gasteiger partial charge in [0.2, 0.25) is 0 Å². The van der Waals surface area contributed by atoms with Gasteiger partial charge in [-0.1, -0.05) is 24.6 Å². The third-order valence-electron chi connectivity index (χ3n) is 5.91. The van der Waals surface area contributed by atoms with Crippen LogP contribution in [0.3, 0.4) is 0 Å². The van der Waals surface area contributed by atoms with Gasteiger partial charge in [-0.3, -0.25) is 14.4 Å². The number of carbonyl (C=O) groups excluding carboxylic acids is 3. The van der Waals surface area contributed by atoms with E-state index in [2.05, 4.69) is 0 Å². The maximum atomic E-state index is 12.4. The van der Waals surface area contributed by atoms with Crippen molar-refractivity contribution < 1.29 is 19.1 Å². The van der Waals surface area contributed by atoms with Gasteiger partial charge in [0.05, 0.1) is 5.92 Å². The number of fused-ring (bicyclic) bond motifs is 3. The van der Waals surface area contributed by atoms with Crippen LogP contribution in [-0.2, 0) is 25.5 Å². The number of amides is 1. The number of hydrogen-bond donors (Lipinski definition) is 0. The van der Waals surface area contributed by atoms with E-state index in [4.69, 9.17) is 4.74 Å². The fourth-order valence-electron chi connectivity index (χ4n) is 4.60. The van der Waals surface area contributed by atoms with E-state index in [-0.39, 0.29) is 36.2 Å². The molecule has 0 N–H and O–H groups in total. The number of hydrogen-bond acceptors (Lipinski definition) is 4. The van der Waals surface area contributed by atoms with Gasteiger partial charge in [0.25, 0.3) is 5.91 Å². The molecule has 0 saturated heterocycles. The molecule has 1 amide bonds. The third kappa shape index (κ3) is 3.08. The largest absolute Gasteiger partial charge is 0.455 e. The molecule has 3 atom stereocenters. The van der Waals surface area contributed by atoms with Gasteiger partial charge in [-0.05, 0) is 43.7 Å². The van der Waals surface area contributed by atoms with E-state index in [0.717, 1.165) is 36.9 Å². The van der Waals surface area contributed by atoms with E-state index in [0.29, 0.717) is 25.2 Å². The molecule has 1 aromatic carbocycles. The summed E-state index contributed by atoms with van der Waals surface area (Å²) in [5, 5.41) is 0. The Morgan fingerprint density at radius 1 is 1.12 bits per heavy atom. The fourth-order valence-corrected chi connectivity index (χ4v) is 4.60. The molecule has 2 aliphatic carbocycles. The zero-order valence-corrected chi connectivity index (χ0v) is 14.3. The van der Waals surface area contributed by atoms with Crippen molar-refractivity contribution in [2.75, 3.05) is 18.1 Å². The van der Waals surface area contributed by atoms with Crippen LogP contribution in [0.5, 0.6) is 0 Å². The molecule has 4 rings (SSSR count). The summed E-state index contributed by atoms with van der Waals surface area (Å²) in [4.78, 5) is 38.7. The van der Waals surface area contributed by atoms with Gasteiger partial charge in [0.1, 0.15) is 5.78 Å². The summed E-state index contributed by atoms with van der Waals surface area (Å²) in [6.45, 7) is 0.421. The quantitative estimate of drug-likeness (QED) is 0.793. The summed E-state index contributed by atoms with van der Waals surface area (Å²) in [7, 11) is 0. The lowest BCUT2D eigenvalue weighted by molar-refractivity contribution is -0.156. The van der Waals surface area contributed by atoms with Crippen molar-refractivity contribution in [2.45, 2.75) is 38.5 Å². The number of ketones is 1. The zero-order valence-electron chi connectivity index (χ0n) is 14.3. The van der Waals surface area contributed by atoms with Crippen LogP contribution in [0.15, 0.2) is 24.3 Å². The summed E-state index contributed by atoms with van der Waals surface area (Å²) in [5.41, 5.74) is 2.07. The normalized spacial score (nSPS) is 27.8. The molecule has 0 radical (unpaired) electrons. The summed E-state index contributed by atoms with van der Waals surface area (Å²) in [6.07, 6.45) is 4.88. The molecule has 1 aliphatic heterocycles. The first kappa shape index (κ1) is 16.3. The lowest BCUT2D eigenvalue weighted by Crippen LogP contribution is -2.40. The lowest BCUT2D eigenvalue weighted by Gasteiger charge is -2.36. The van der Waals surface area contributed by atoms with Crippen LogP contribution in [0.1, 0.15) is 37.7 Å². The SMILES string of the molecule is O=C(OCC(=O)N1CCc2ccccc21)C1C[C@H]2CCC[C@@H](C1)C2=O. The number of rotatable bonds is 3. The Morgan fingerprint density at radius 3 is 2.60 bits per heavy atom. The second kappa shape index (κ2) is 6.62. The zero-order chi connectivity index (χ0) is 17.4. The van der Waals surface area contributed by atoms with Gasteiger partial charge in [-0.25, -0.2) is 0 Å². The molecule has 2 saturated carbocycles. The lowest BCUT2D eigenvalue weighted by atomic mass is 9.67. The van der Waals surface area contributed by atoms with Gasteiger partial charge in [-0.15, -0.1) is 0 Å². The summed E-state index contributed by atoms with van der Waals surface area (Å²) in [6, 6.07) is 7.82. The number of ether oxygens (including phenoxy) is 1. The average Bonchev–Trinajstić information content (AvgIpc) is 3.03. The van der Waals surface area contributed by atoms with Crippen molar-refractivity contribution in [3.05, 3.63) is 29.8 Å². The smallest absolute Gasteiger partial charge is 0.309 e. The van der Waals surface area contributed by atoms with Crippen LogP contribution in [0, 0.1) is 17.8 Å². The summed E-state index contributed by atoms with van der Waals surface area (Å²) >= 11 is 0.